The Morgan fingerprint density at radius 2 is 1.90 bits per heavy atom. The third kappa shape index (κ3) is 2.40. The molecule has 2 aromatic heterocycles. The van der Waals surface area contributed by atoms with Crippen LogP contribution >= 0.6 is 0 Å². The van der Waals surface area contributed by atoms with Gasteiger partial charge in [-0.2, -0.15) is 0 Å². The molecule has 0 spiro atoms. The van der Waals surface area contributed by atoms with Crippen LogP contribution in [-0.2, 0) is 13.6 Å². The van der Waals surface area contributed by atoms with Gasteiger partial charge in [0.25, 0.3) is 5.91 Å². The molecule has 0 fully saturated rings. The summed E-state index contributed by atoms with van der Waals surface area (Å²) < 4.78 is 2.05. The standard InChI is InChI=1S/C17H17N3O/c1-12-16(14-5-3-4-6-15(14)20(12)2)17(21)19-11-13-7-9-18-10-8-13/h3-10H,11H2,1-2H3,(H,19,21). The van der Waals surface area contributed by atoms with E-state index in [-0.39, 0.29) is 5.91 Å². The van der Waals surface area contributed by atoms with Crippen molar-refractivity contribution in [2.45, 2.75) is 13.5 Å². The van der Waals surface area contributed by atoms with Gasteiger partial charge < -0.3 is 9.88 Å². The van der Waals surface area contributed by atoms with Crippen molar-refractivity contribution in [3.05, 3.63) is 65.6 Å². The number of carbonyl (C=O) groups excluding carboxylic acids is 1. The number of rotatable bonds is 3. The summed E-state index contributed by atoms with van der Waals surface area (Å²) in [5.74, 6) is -0.0406. The van der Waals surface area contributed by atoms with Crippen molar-refractivity contribution in [1.29, 1.82) is 0 Å². The molecule has 3 rings (SSSR count). The number of amides is 1. The van der Waals surface area contributed by atoms with Gasteiger partial charge in [0, 0.05) is 42.6 Å². The number of pyridine rings is 1. The van der Waals surface area contributed by atoms with Crippen LogP contribution < -0.4 is 5.32 Å². The Balaban J connectivity index is 1.90. The Kier molecular flexibility index (Phi) is 3.44. The van der Waals surface area contributed by atoms with E-state index in [2.05, 4.69) is 14.9 Å². The number of carbonyl (C=O) groups is 1. The Bertz CT molecular complexity index is 790. The summed E-state index contributed by atoms with van der Waals surface area (Å²) >= 11 is 0. The molecule has 3 aromatic rings. The normalized spacial score (nSPS) is 10.8. The second-order valence-corrected chi connectivity index (χ2v) is 5.07. The summed E-state index contributed by atoms with van der Waals surface area (Å²) in [6.07, 6.45) is 3.45. The molecule has 0 unspecified atom stereocenters. The van der Waals surface area contributed by atoms with Crippen LogP contribution in [0.15, 0.2) is 48.8 Å². The molecule has 0 aliphatic heterocycles. The van der Waals surface area contributed by atoms with E-state index in [1.165, 1.54) is 0 Å². The van der Waals surface area contributed by atoms with Crippen molar-refractivity contribution in [3.63, 3.8) is 0 Å². The minimum Gasteiger partial charge on any atom is -0.348 e. The lowest BCUT2D eigenvalue weighted by atomic mass is 10.1. The lowest BCUT2D eigenvalue weighted by Crippen LogP contribution is -2.23. The lowest BCUT2D eigenvalue weighted by Gasteiger charge is -2.06. The number of benzene rings is 1. The molecule has 2 heterocycles. The van der Waals surface area contributed by atoms with Crippen LogP contribution in [0.2, 0.25) is 0 Å². The first kappa shape index (κ1) is 13.4. The number of hydrogen-bond acceptors (Lipinski definition) is 2. The summed E-state index contributed by atoms with van der Waals surface area (Å²) in [6, 6.07) is 11.8. The van der Waals surface area contributed by atoms with Crippen molar-refractivity contribution in [2.75, 3.05) is 0 Å². The molecule has 21 heavy (non-hydrogen) atoms. The van der Waals surface area contributed by atoms with Crippen LogP contribution in [0.3, 0.4) is 0 Å². The summed E-state index contributed by atoms with van der Waals surface area (Å²) in [6.45, 7) is 2.48. The summed E-state index contributed by atoms with van der Waals surface area (Å²) in [5, 5.41) is 3.97. The van der Waals surface area contributed by atoms with E-state index in [0.29, 0.717) is 6.54 Å². The van der Waals surface area contributed by atoms with E-state index < -0.39 is 0 Å². The van der Waals surface area contributed by atoms with Gasteiger partial charge in [-0.15, -0.1) is 0 Å². The highest BCUT2D eigenvalue weighted by Crippen LogP contribution is 2.24. The Morgan fingerprint density at radius 3 is 2.67 bits per heavy atom. The number of nitrogens with one attached hydrogen (secondary N) is 1. The second kappa shape index (κ2) is 5.40. The number of hydrogen-bond donors (Lipinski definition) is 1. The molecule has 0 aliphatic carbocycles. The fourth-order valence-corrected chi connectivity index (χ4v) is 2.58. The maximum Gasteiger partial charge on any atom is 0.254 e. The minimum absolute atomic E-state index is 0.0406. The van der Waals surface area contributed by atoms with E-state index in [0.717, 1.165) is 27.7 Å². The SMILES string of the molecule is Cc1c(C(=O)NCc2ccncc2)c2ccccc2n1C. The maximum absolute atomic E-state index is 12.5. The smallest absolute Gasteiger partial charge is 0.254 e. The van der Waals surface area contributed by atoms with E-state index in [1.54, 1.807) is 12.4 Å². The molecule has 4 nitrogen and oxygen atoms in total. The van der Waals surface area contributed by atoms with E-state index in [4.69, 9.17) is 0 Å². The van der Waals surface area contributed by atoms with Crippen LogP contribution in [-0.4, -0.2) is 15.5 Å². The molecule has 0 bridgehead atoms. The molecule has 0 aliphatic rings. The predicted octanol–water partition coefficient (Wildman–Crippen LogP) is 2.81. The highest BCUT2D eigenvalue weighted by molar-refractivity contribution is 6.08. The van der Waals surface area contributed by atoms with Crippen LogP contribution in [0.25, 0.3) is 10.9 Å². The third-order valence-corrected chi connectivity index (χ3v) is 3.83. The van der Waals surface area contributed by atoms with Crippen LogP contribution in [0.1, 0.15) is 21.6 Å². The van der Waals surface area contributed by atoms with Crippen molar-refractivity contribution >= 4 is 16.8 Å². The molecule has 0 atom stereocenters. The zero-order chi connectivity index (χ0) is 14.8. The molecule has 0 saturated heterocycles. The number of aromatic nitrogens is 2. The molecular formula is C17H17N3O. The van der Waals surface area contributed by atoms with Gasteiger partial charge in [-0.1, -0.05) is 18.2 Å². The zero-order valence-electron chi connectivity index (χ0n) is 12.1. The molecule has 106 valence electrons. The van der Waals surface area contributed by atoms with Crippen LogP contribution in [0.5, 0.6) is 0 Å². The van der Waals surface area contributed by atoms with Gasteiger partial charge in [-0.25, -0.2) is 0 Å². The molecule has 4 heteroatoms. The Hall–Kier alpha value is -2.62. The van der Waals surface area contributed by atoms with Crippen LogP contribution in [0.4, 0.5) is 0 Å². The largest absolute Gasteiger partial charge is 0.348 e. The third-order valence-electron chi connectivity index (χ3n) is 3.83. The monoisotopic (exact) mass is 279 g/mol. The van der Waals surface area contributed by atoms with Crippen molar-refractivity contribution in [3.8, 4) is 0 Å². The van der Waals surface area contributed by atoms with Gasteiger partial charge >= 0.3 is 0 Å². The first-order valence-electron chi connectivity index (χ1n) is 6.89. The van der Waals surface area contributed by atoms with E-state index in [9.17, 15) is 4.79 Å². The van der Waals surface area contributed by atoms with Crippen molar-refractivity contribution in [2.24, 2.45) is 7.05 Å². The molecular weight excluding hydrogens is 262 g/mol. The predicted molar refractivity (Wildman–Crippen MR) is 83.1 cm³/mol. The highest BCUT2D eigenvalue weighted by atomic mass is 16.1. The number of fused-ring (bicyclic) bond motifs is 1. The maximum atomic E-state index is 12.5. The summed E-state index contributed by atoms with van der Waals surface area (Å²) in [7, 11) is 1.98. The summed E-state index contributed by atoms with van der Waals surface area (Å²) in [5.41, 5.74) is 3.84. The van der Waals surface area contributed by atoms with Gasteiger partial charge in [0.1, 0.15) is 0 Å². The quantitative estimate of drug-likeness (QED) is 0.801. The second-order valence-electron chi connectivity index (χ2n) is 5.07. The number of para-hydroxylation sites is 1. The van der Waals surface area contributed by atoms with Gasteiger partial charge in [0.05, 0.1) is 5.56 Å². The zero-order valence-corrected chi connectivity index (χ0v) is 12.1. The Morgan fingerprint density at radius 1 is 1.19 bits per heavy atom. The van der Waals surface area contributed by atoms with Gasteiger partial charge in [0.2, 0.25) is 0 Å². The van der Waals surface area contributed by atoms with Gasteiger partial charge in [0.15, 0.2) is 0 Å². The van der Waals surface area contributed by atoms with Crippen molar-refractivity contribution in [1.82, 2.24) is 14.9 Å². The van der Waals surface area contributed by atoms with E-state index in [1.807, 2.05) is 50.4 Å². The molecule has 1 amide bonds. The first-order chi connectivity index (χ1) is 10.2. The fraction of sp³-hybridized carbons (Fsp3) is 0.176. The molecule has 0 radical (unpaired) electrons. The van der Waals surface area contributed by atoms with Gasteiger partial charge in [-0.3, -0.25) is 9.78 Å². The number of aryl methyl sites for hydroxylation is 1. The molecule has 0 saturated carbocycles. The average molecular weight is 279 g/mol. The number of nitrogens with zero attached hydrogens (tertiary/aromatic N) is 2. The lowest BCUT2D eigenvalue weighted by molar-refractivity contribution is 0.0951. The first-order valence-corrected chi connectivity index (χ1v) is 6.89. The Labute approximate surface area is 123 Å². The summed E-state index contributed by atoms with van der Waals surface area (Å²) in [4.78, 5) is 16.5. The fourth-order valence-electron chi connectivity index (χ4n) is 2.58. The average Bonchev–Trinajstić information content (AvgIpc) is 2.78. The van der Waals surface area contributed by atoms with E-state index >= 15 is 0 Å². The topological polar surface area (TPSA) is 46.9 Å². The van der Waals surface area contributed by atoms with Crippen LogP contribution in [0, 0.1) is 6.92 Å². The molecule has 1 aromatic carbocycles. The van der Waals surface area contributed by atoms with Gasteiger partial charge in [-0.05, 0) is 30.7 Å². The molecule has 1 N–H and O–H groups in total. The van der Waals surface area contributed by atoms with Crippen molar-refractivity contribution < 1.29 is 4.79 Å². The highest BCUT2D eigenvalue weighted by Gasteiger charge is 2.17. The minimum atomic E-state index is -0.0406.